The molecule has 1 aromatic rings. The van der Waals surface area contributed by atoms with E-state index in [0.717, 1.165) is 5.56 Å². The van der Waals surface area contributed by atoms with Crippen molar-refractivity contribution in [2.24, 2.45) is 0 Å². The molecule has 0 aromatic carbocycles. The summed E-state index contributed by atoms with van der Waals surface area (Å²) in [5, 5.41) is 12.0. The summed E-state index contributed by atoms with van der Waals surface area (Å²) in [6.07, 6.45) is 0. The lowest BCUT2D eigenvalue weighted by Gasteiger charge is -2.25. The Bertz CT molecular complexity index is 417. The highest BCUT2D eigenvalue weighted by molar-refractivity contribution is 7.12. The molecule has 5 heteroatoms. The third kappa shape index (κ3) is 3.46. The number of hydrogen-bond donors (Lipinski definition) is 2. The van der Waals surface area contributed by atoms with E-state index < -0.39 is 0 Å². The summed E-state index contributed by atoms with van der Waals surface area (Å²) in [6, 6.07) is 1.76. The highest BCUT2D eigenvalue weighted by Crippen LogP contribution is 2.26. The second-order valence-electron chi connectivity index (χ2n) is 4.68. The Morgan fingerprint density at radius 1 is 1.50 bits per heavy atom. The minimum absolute atomic E-state index is 0.0178. The molecule has 102 valence electrons. The number of aryl methyl sites for hydroxylation is 2. The van der Waals surface area contributed by atoms with Crippen molar-refractivity contribution in [2.75, 3.05) is 13.7 Å². The van der Waals surface area contributed by atoms with Gasteiger partial charge in [0.1, 0.15) is 0 Å². The van der Waals surface area contributed by atoms with Crippen molar-refractivity contribution >= 4 is 17.4 Å². The molecule has 0 spiro atoms. The number of rotatable bonds is 4. The minimum Gasteiger partial charge on any atom is -0.394 e. The summed E-state index contributed by atoms with van der Waals surface area (Å²) in [5.74, 6) is 0. The number of hydrogen-bond acceptors (Lipinski definition) is 3. The van der Waals surface area contributed by atoms with Gasteiger partial charge in [-0.25, -0.2) is 4.79 Å². The van der Waals surface area contributed by atoms with Gasteiger partial charge in [-0.3, -0.25) is 0 Å². The maximum absolute atomic E-state index is 12.0. The third-order valence-electron chi connectivity index (χ3n) is 3.13. The molecular weight excluding hydrogens is 248 g/mol. The van der Waals surface area contributed by atoms with Gasteiger partial charge in [0.05, 0.1) is 18.7 Å². The highest BCUT2D eigenvalue weighted by Gasteiger charge is 2.19. The van der Waals surface area contributed by atoms with E-state index in [1.807, 2.05) is 13.8 Å². The first kappa shape index (κ1) is 15.0. The summed E-state index contributed by atoms with van der Waals surface area (Å²) in [4.78, 5) is 16.0. The molecule has 2 N–H and O–H groups in total. The van der Waals surface area contributed by atoms with E-state index in [1.54, 1.807) is 18.4 Å². The van der Waals surface area contributed by atoms with Gasteiger partial charge in [0, 0.05) is 16.8 Å². The van der Waals surface area contributed by atoms with Gasteiger partial charge in [0.2, 0.25) is 0 Å². The zero-order valence-electron chi connectivity index (χ0n) is 11.7. The van der Waals surface area contributed by atoms with Gasteiger partial charge in [-0.1, -0.05) is 0 Å². The molecule has 18 heavy (non-hydrogen) atoms. The van der Waals surface area contributed by atoms with E-state index in [1.165, 1.54) is 14.7 Å². The molecule has 0 radical (unpaired) electrons. The van der Waals surface area contributed by atoms with Crippen LogP contribution in [0.4, 0.5) is 4.79 Å². The van der Waals surface area contributed by atoms with Crippen LogP contribution in [0.25, 0.3) is 0 Å². The fourth-order valence-electron chi connectivity index (χ4n) is 1.77. The molecule has 0 fully saturated rings. The van der Waals surface area contributed by atoms with Crippen LogP contribution in [0.5, 0.6) is 0 Å². The Morgan fingerprint density at radius 3 is 2.56 bits per heavy atom. The first-order valence-corrected chi connectivity index (χ1v) is 6.89. The van der Waals surface area contributed by atoms with Crippen molar-refractivity contribution in [3.63, 3.8) is 0 Å². The average molecular weight is 270 g/mol. The molecule has 0 aliphatic heterocycles. The van der Waals surface area contributed by atoms with Crippen LogP contribution in [0.2, 0.25) is 0 Å². The molecule has 1 rings (SSSR count). The lowest BCUT2D eigenvalue weighted by atomic mass is 10.1. The molecule has 4 nitrogen and oxygen atoms in total. The van der Waals surface area contributed by atoms with Crippen LogP contribution < -0.4 is 5.32 Å². The number of aliphatic hydroxyl groups is 1. The third-order valence-corrected chi connectivity index (χ3v) is 4.11. The van der Waals surface area contributed by atoms with E-state index in [9.17, 15) is 4.79 Å². The number of carbonyl (C=O) groups excluding carboxylic acids is 1. The average Bonchev–Trinajstić information content (AvgIpc) is 2.66. The van der Waals surface area contributed by atoms with Crippen molar-refractivity contribution in [1.82, 2.24) is 10.2 Å². The summed E-state index contributed by atoms with van der Waals surface area (Å²) < 4.78 is 0. The lowest BCUT2D eigenvalue weighted by molar-refractivity contribution is 0.155. The van der Waals surface area contributed by atoms with Crippen LogP contribution in [-0.2, 0) is 0 Å². The lowest BCUT2D eigenvalue weighted by Crippen LogP contribution is -2.44. The Kier molecular flexibility index (Phi) is 5.16. The van der Waals surface area contributed by atoms with Crippen LogP contribution in [0.1, 0.15) is 35.2 Å². The highest BCUT2D eigenvalue weighted by atomic mass is 32.1. The predicted molar refractivity (Wildman–Crippen MR) is 75.1 cm³/mol. The monoisotopic (exact) mass is 270 g/mol. The van der Waals surface area contributed by atoms with Crippen molar-refractivity contribution in [2.45, 2.75) is 39.8 Å². The second-order valence-corrected chi connectivity index (χ2v) is 6.14. The molecule has 0 aliphatic carbocycles. The molecule has 2 atom stereocenters. The largest absolute Gasteiger partial charge is 0.394 e. The first-order chi connectivity index (χ1) is 8.36. The van der Waals surface area contributed by atoms with Gasteiger partial charge < -0.3 is 15.3 Å². The van der Waals surface area contributed by atoms with Gasteiger partial charge in [0.15, 0.2) is 0 Å². The van der Waals surface area contributed by atoms with Gasteiger partial charge in [0.25, 0.3) is 0 Å². The summed E-state index contributed by atoms with van der Waals surface area (Å²) >= 11 is 1.74. The number of aliphatic hydroxyl groups excluding tert-OH is 1. The molecule has 0 saturated carbocycles. The van der Waals surface area contributed by atoms with E-state index in [4.69, 9.17) is 5.11 Å². The van der Waals surface area contributed by atoms with Gasteiger partial charge in [-0.15, -0.1) is 11.3 Å². The zero-order chi connectivity index (χ0) is 13.9. The number of carbonyl (C=O) groups is 1. The quantitative estimate of drug-likeness (QED) is 0.883. The standard InChI is InChI=1S/C13H22N2O2S/c1-8(7-16)15(5)13(17)14-10(3)12-6-9(2)18-11(12)4/h6,8,10,16H,7H2,1-5H3,(H,14,17). The Labute approximate surface area is 113 Å². The van der Waals surface area contributed by atoms with Crippen LogP contribution in [0.15, 0.2) is 6.07 Å². The van der Waals surface area contributed by atoms with Crippen LogP contribution in [0.3, 0.4) is 0 Å². The van der Waals surface area contributed by atoms with Crippen molar-refractivity contribution in [1.29, 1.82) is 0 Å². The molecule has 2 amide bonds. The fraction of sp³-hybridized carbons (Fsp3) is 0.615. The maximum atomic E-state index is 12.0. The predicted octanol–water partition coefficient (Wildman–Crippen LogP) is 2.45. The van der Waals surface area contributed by atoms with E-state index >= 15 is 0 Å². The Balaban J connectivity index is 2.67. The van der Waals surface area contributed by atoms with Crippen LogP contribution >= 0.6 is 11.3 Å². The number of thiophene rings is 1. The molecule has 1 aromatic heterocycles. The van der Waals surface area contributed by atoms with Gasteiger partial charge >= 0.3 is 6.03 Å². The first-order valence-electron chi connectivity index (χ1n) is 6.08. The van der Waals surface area contributed by atoms with Crippen molar-refractivity contribution in [3.8, 4) is 0 Å². The summed E-state index contributed by atoms with van der Waals surface area (Å²) in [7, 11) is 1.69. The Morgan fingerprint density at radius 2 is 2.11 bits per heavy atom. The van der Waals surface area contributed by atoms with Gasteiger partial charge in [-0.2, -0.15) is 0 Å². The number of likely N-dealkylation sites (N-methyl/N-ethyl adjacent to an activating group) is 1. The smallest absolute Gasteiger partial charge is 0.317 e. The molecule has 1 heterocycles. The minimum atomic E-state index is -0.178. The molecule has 0 aliphatic rings. The molecule has 0 bridgehead atoms. The summed E-state index contributed by atoms with van der Waals surface area (Å²) in [6.45, 7) is 7.88. The van der Waals surface area contributed by atoms with Crippen molar-refractivity contribution in [3.05, 3.63) is 21.4 Å². The van der Waals surface area contributed by atoms with E-state index in [0.29, 0.717) is 0 Å². The van der Waals surface area contributed by atoms with Gasteiger partial charge in [-0.05, 0) is 39.3 Å². The molecule has 2 unspecified atom stereocenters. The SMILES string of the molecule is Cc1cc(C(C)NC(=O)N(C)C(C)CO)c(C)s1. The van der Waals surface area contributed by atoms with E-state index in [-0.39, 0.29) is 24.7 Å². The topological polar surface area (TPSA) is 52.6 Å². The number of nitrogens with one attached hydrogen (secondary N) is 1. The van der Waals surface area contributed by atoms with Crippen LogP contribution in [0, 0.1) is 13.8 Å². The fourth-order valence-corrected chi connectivity index (χ4v) is 2.79. The second kappa shape index (κ2) is 6.20. The molecule has 0 saturated heterocycles. The zero-order valence-corrected chi connectivity index (χ0v) is 12.5. The molecular formula is C13H22N2O2S. The number of amides is 2. The summed E-state index contributed by atoms with van der Waals surface area (Å²) in [5.41, 5.74) is 1.16. The van der Waals surface area contributed by atoms with Crippen LogP contribution in [-0.4, -0.2) is 35.7 Å². The Hall–Kier alpha value is -1.07. The van der Waals surface area contributed by atoms with E-state index in [2.05, 4.69) is 25.2 Å². The van der Waals surface area contributed by atoms with Crippen molar-refractivity contribution < 1.29 is 9.90 Å². The normalized spacial score (nSPS) is 14.1. The number of nitrogens with zero attached hydrogens (tertiary/aromatic N) is 1. The number of urea groups is 1. The maximum Gasteiger partial charge on any atom is 0.317 e.